The normalized spacial score (nSPS) is 12.6. The number of nitrogens with one attached hydrogen (secondary N) is 1. The Morgan fingerprint density at radius 2 is 1.57 bits per heavy atom. The molecule has 58 heavy (non-hydrogen) atoms. The number of nitrogens with zero attached hydrogens (tertiary/aromatic N) is 2. The van der Waals surface area contributed by atoms with E-state index in [1.54, 1.807) is 31.4 Å². The molecule has 1 amide bonds. The highest BCUT2D eigenvalue weighted by Gasteiger charge is 2.40. The van der Waals surface area contributed by atoms with Crippen LogP contribution < -0.4 is 5.32 Å². The van der Waals surface area contributed by atoms with Crippen molar-refractivity contribution in [2.75, 3.05) is 14.2 Å². The van der Waals surface area contributed by atoms with Gasteiger partial charge in [-0.2, -0.15) is 0 Å². The van der Waals surface area contributed by atoms with Gasteiger partial charge in [-0.05, 0) is 79.0 Å². The molecule has 0 spiro atoms. The summed E-state index contributed by atoms with van der Waals surface area (Å²) in [5.74, 6) is -0.967. The second-order valence-corrected chi connectivity index (χ2v) is 20.9. The van der Waals surface area contributed by atoms with Crippen LogP contribution in [-0.4, -0.2) is 56.0 Å². The monoisotopic (exact) mass is 807 g/mol. The lowest BCUT2D eigenvalue weighted by Crippen LogP contribution is -2.44. The number of methoxy groups -OCH3 is 2. The van der Waals surface area contributed by atoms with Crippen LogP contribution in [0.25, 0.3) is 39.7 Å². The van der Waals surface area contributed by atoms with E-state index in [1.807, 2.05) is 73.0 Å². The quantitative estimate of drug-likeness (QED) is 0.0560. The Hall–Kier alpha value is -5.43. The summed E-state index contributed by atoms with van der Waals surface area (Å²) in [6, 6.07) is 24.9. The number of ketones is 1. The van der Waals surface area contributed by atoms with Crippen LogP contribution in [0.2, 0.25) is 18.1 Å². The molecule has 0 aliphatic heterocycles. The lowest BCUT2D eigenvalue weighted by molar-refractivity contribution is -0.142. The van der Waals surface area contributed by atoms with Crippen molar-refractivity contribution in [3.05, 3.63) is 119 Å². The first-order chi connectivity index (χ1) is 27.5. The van der Waals surface area contributed by atoms with Crippen molar-refractivity contribution < 1.29 is 37.2 Å². The van der Waals surface area contributed by atoms with Gasteiger partial charge in [0, 0.05) is 42.3 Å². The molecule has 12 heteroatoms. The molecule has 0 bridgehead atoms. The standard InChI is InChI=1S/C46H54FN3O7Si/c1-30(2)50-39(23-22-37(51)26-38(27-41(52)55-7)57-58(8,9)46(3,4)5)42(33-18-20-35(47)21-19-33)43(32-15-11-10-12-16-32)44(50)45(53)48-28-36-25-40(56-49-36)34-17-13-14-31(24-34)29-54-6/h10-25,30,38H,26-29H2,1-9H3,(H,48,53)/b23-22+/t38-/m0/s1. The molecule has 306 valence electrons. The summed E-state index contributed by atoms with van der Waals surface area (Å²) in [6.07, 6.45) is 2.36. The van der Waals surface area contributed by atoms with Crippen molar-refractivity contribution in [3.8, 4) is 33.6 Å². The molecule has 1 N–H and O–H groups in total. The number of allylic oxidation sites excluding steroid dienone is 1. The summed E-state index contributed by atoms with van der Waals surface area (Å²) >= 11 is 0. The number of ether oxygens (including phenoxy) is 2. The summed E-state index contributed by atoms with van der Waals surface area (Å²) in [7, 11) is 0.583. The minimum Gasteiger partial charge on any atom is -0.469 e. The summed E-state index contributed by atoms with van der Waals surface area (Å²) in [6.45, 7) is 14.9. The molecule has 0 aliphatic carbocycles. The molecule has 0 aliphatic rings. The van der Waals surface area contributed by atoms with E-state index in [-0.39, 0.29) is 42.2 Å². The summed E-state index contributed by atoms with van der Waals surface area (Å²) in [5, 5.41) is 7.14. The van der Waals surface area contributed by atoms with Crippen LogP contribution in [0.4, 0.5) is 4.39 Å². The van der Waals surface area contributed by atoms with Crippen molar-refractivity contribution in [2.24, 2.45) is 0 Å². The van der Waals surface area contributed by atoms with Crippen LogP contribution >= 0.6 is 0 Å². The number of carbonyl (C=O) groups excluding carboxylic acids is 3. The predicted octanol–water partition coefficient (Wildman–Crippen LogP) is 10.2. The van der Waals surface area contributed by atoms with Crippen LogP contribution in [0, 0.1) is 5.82 Å². The number of esters is 1. The molecule has 1 atom stereocenters. The lowest BCUT2D eigenvalue weighted by Gasteiger charge is -2.39. The first-order valence-corrected chi connectivity index (χ1v) is 22.3. The Bertz CT molecular complexity index is 2240. The summed E-state index contributed by atoms with van der Waals surface area (Å²) in [5.41, 5.74) is 5.95. The zero-order chi connectivity index (χ0) is 42.2. The largest absolute Gasteiger partial charge is 0.469 e. The highest BCUT2D eigenvalue weighted by Crippen LogP contribution is 2.43. The fraction of sp³-hybridized carbons (Fsp3) is 0.348. The molecule has 10 nitrogen and oxygen atoms in total. The van der Waals surface area contributed by atoms with E-state index in [0.29, 0.717) is 46.1 Å². The van der Waals surface area contributed by atoms with Crippen molar-refractivity contribution in [1.29, 1.82) is 0 Å². The van der Waals surface area contributed by atoms with Gasteiger partial charge in [-0.3, -0.25) is 14.4 Å². The number of aromatic nitrogens is 2. The van der Waals surface area contributed by atoms with E-state index >= 15 is 0 Å². The number of benzene rings is 3. The number of hydrogen-bond acceptors (Lipinski definition) is 8. The molecule has 0 radical (unpaired) electrons. The topological polar surface area (TPSA) is 122 Å². The molecule has 0 saturated carbocycles. The first kappa shape index (κ1) is 43.7. The van der Waals surface area contributed by atoms with Gasteiger partial charge in [-0.25, -0.2) is 4.39 Å². The highest BCUT2D eigenvalue weighted by molar-refractivity contribution is 6.74. The van der Waals surface area contributed by atoms with Crippen molar-refractivity contribution in [1.82, 2.24) is 15.0 Å². The van der Waals surface area contributed by atoms with Gasteiger partial charge < -0.3 is 28.3 Å². The fourth-order valence-electron chi connectivity index (χ4n) is 6.57. The van der Waals surface area contributed by atoms with Gasteiger partial charge in [0.1, 0.15) is 17.2 Å². The van der Waals surface area contributed by atoms with Gasteiger partial charge >= 0.3 is 5.97 Å². The number of carbonyl (C=O) groups is 3. The van der Waals surface area contributed by atoms with Crippen molar-refractivity contribution in [3.63, 3.8) is 0 Å². The van der Waals surface area contributed by atoms with Crippen LogP contribution in [-0.2, 0) is 36.6 Å². The third kappa shape index (κ3) is 10.5. The van der Waals surface area contributed by atoms with Gasteiger partial charge in [0.05, 0.1) is 38.5 Å². The Kier molecular flexibility index (Phi) is 14.2. The van der Waals surface area contributed by atoms with Gasteiger partial charge in [0.25, 0.3) is 5.91 Å². The third-order valence-electron chi connectivity index (χ3n) is 10.4. The fourth-order valence-corrected chi connectivity index (χ4v) is 7.93. The van der Waals surface area contributed by atoms with Gasteiger partial charge in [0.2, 0.25) is 0 Å². The SMILES string of the molecule is COCc1cccc(-c2cc(CNC(=O)c3c(-c4ccccc4)c(-c4ccc(F)cc4)c(/C=C/C(=O)C[C@@H](CC(=O)OC)O[Si](C)(C)C(C)(C)C)n3C(C)C)no2)c1. The van der Waals surface area contributed by atoms with Gasteiger partial charge in [0.15, 0.2) is 19.9 Å². The molecule has 2 aromatic heterocycles. The minimum absolute atomic E-state index is 0.0539. The average Bonchev–Trinajstić information content (AvgIpc) is 3.80. The van der Waals surface area contributed by atoms with E-state index in [4.69, 9.17) is 18.4 Å². The van der Waals surface area contributed by atoms with E-state index < -0.39 is 26.2 Å². The van der Waals surface area contributed by atoms with Crippen LogP contribution in [0.5, 0.6) is 0 Å². The average molecular weight is 808 g/mol. The number of rotatable bonds is 17. The Labute approximate surface area is 341 Å². The van der Waals surface area contributed by atoms with E-state index in [9.17, 15) is 18.8 Å². The second kappa shape index (κ2) is 18.9. The van der Waals surface area contributed by atoms with Crippen molar-refractivity contribution >= 4 is 32.1 Å². The smallest absolute Gasteiger partial charge is 0.308 e. The van der Waals surface area contributed by atoms with Crippen LogP contribution in [0.3, 0.4) is 0 Å². The van der Waals surface area contributed by atoms with E-state index in [1.165, 1.54) is 25.3 Å². The number of hydrogen-bond donors (Lipinski definition) is 1. The van der Waals surface area contributed by atoms with Crippen molar-refractivity contribution in [2.45, 2.75) is 90.9 Å². The Balaban J connectivity index is 1.57. The maximum atomic E-state index is 14.6. The summed E-state index contributed by atoms with van der Waals surface area (Å²) in [4.78, 5) is 40.9. The first-order valence-electron chi connectivity index (χ1n) is 19.4. The Morgan fingerprint density at radius 3 is 2.21 bits per heavy atom. The third-order valence-corrected chi connectivity index (χ3v) is 15.0. The van der Waals surface area contributed by atoms with E-state index in [0.717, 1.165) is 16.7 Å². The molecule has 5 aromatic rings. The van der Waals surface area contributed by atoms with Gasteiger partial charge in [-0.1, -0.05) is 86.6 Å². The predicted molar refractivity (Wildman–Crippen MR) is 227 cm³/mol. The molecule has 0 unspecified atom stereocenters. The van der Waals surface area contributed by atoms with Gasteiger partial charge in [-0.15, -0.1) is 0 Å². The molecular formula is C46H54FN3O7Si. The lowest BCUT2D eigenvalue weighted by atomic mass is 9.94. The summed E-state index contributed by atoms with van der Waals surface area (Å²) < 4.78 is 38.7. The molecule has 0 saturated heterocycles. The van der Waals surface area contributed by atoms with Crippen LogP contribution in [0.15, 0.2) is 95.5 Å². The van der Waals surface area contributed by atoms with E-state index in [2.05, 4.69) is 44.3 Å². The maximum absolute atomic E-state index is 14.6. The maximum Gasteiger partial charge on any atom is 0.308 e. The highest BCUT2D eigenvalue weighted by atomic mass is 28.4. The number of amides is 1. The molecular weight excluding hydrogens is 754 g/mol. The minimum atomic E-state index is -2.37. The Morgan fingerprint density at radius 1 is 0.897 bits per heavy atom. The zero-order valence-corrected chi connectivity index (χ0v) is 35.9. The number of halogens is 1. The van der Waals surface area contributed by atoms with Crippen LogP contribution in [0.1, 0.15) is 80.9 Å². The second-order valence-electron chi connectivity index (χ2n) is 16.1. The molecule has 0 fully saturated rings. The zero-order valence-electron chi connectivity index (χ0n) is 34.9. The molecule has 5 rings (SSSR count). The molecule has 3 aromatic carbocycles. The molecule has 2 heterocycles.